The van der Waals surface area contributed by atoms with E-state index in [1.165, 1.54) is 31.2 Å². The first-order chi connectivity index (χ1) is 12.3. The predicted octanol–water partition coefficient (Wildman–Crippen LogP) is 5.15. The number of unbranched alkanes of at least 4 members (excludes halogenated alkanes) is 3. The fourth-order valence-electron chi connectivity index (χ4n) is 2.21. The molecule has 0 aromatic heterocycles. The molecule has 1 rings (SSSR count). The van der Waals surface area contributed by atoms with Gasteiger partial charge in [0.15, 0.2) is 5.11 Å². The first-order valence-corrected chi connectivity index (χ1v) is 10.4. The third-order valence-electron chi connectivity index (χ3n) is 3.56. The third kappa shape index (κ3) is 9.47. The summed E-state index contributed by atoms with van der Waals surface area (Å²) in [6.45, 7) is 2.20. The number of anilines is 1. The molecule has 4 nitrogen and oxygen atoms in total. The zero-order valence-corrected chi connectivity index (χ0v) is 18.3. The molecule has 26 heavy (non-hydrogen) atoms. The molecule has 1 aromatic rings. The number of rotatable bonds is 9. The van der Waals surface area contributed by atoms with Gasteiger partial charge in [0, 0.05) is 5.69 Å². The number of halogens is 4. The Morgan fingerprint density at radius 1 is 1.12 bits per heavy atom. The molecule has 1 aromatic carbocycles. The van der Waals surface area contributed by atoms with Crippen molar-refractivity contribution in [1.29, 1.82) is 0 Å². The lowest BCUT2D eigenvalue weighted by atomic mass is 10.1. The normalized spacial score (nSPS) is 12.3. The third-order valence-corrected chi connectivity index (χ3v) is 4.68. The summed E-state index contributed by atoms with van der Waals surface area (Å²) in [5.74, 6) is -0.732. The topological polar surface area (TPSA) is 53.2 Å². The number of hydrogen-bond acceptors (Lipinski definition) is 2. The molecule has 0 saturated heterocycles. The van der Waals surface area contributed by atoms with Gasteiger partial charge < -0.3 is 16.0 Å². The highest BCUT2D eigenvalue weighted by atomic mass is 35.6. The van der Waals surface area contributed by atoms with Crippen LogP contribution in [0, 0.1) is 0 Å². The number of benzene rings is 1. The summed E-state index contributed by atoms with van der Waals surface area (Å²) >= 11 is 28.3. The molecule has 0 aliphatic heterocycles. The van der Waals surface area contributed by atoms with Gasteiger partial charge in [0.2, 0.25) is 9.70 Å². The maximum Gasteiger partial charge on any atom is 0.236 e. The number of aryl methyl sites for hydroxylation is 1. The van der Waals surface area contributed by atoms with E-state index in [0.29, 0.717) is 0 Å². The van der Waals surface area contributed by atoms with Crippen LogP contribution in [0.5, 0.6) is 0 Å². The second-order valence-electron chi connectivity index (χ2n) is 5.78. The summed E-state index contributed by atoms with van der Waals surface area (Å²) in [6, 6.07) is 7.98. The lowest BCUT2D eigenvalue weighted by molar-refractivity contribution is -0.119. The molecule has 1 atom stereocenters. The van der Waals surface area contributed by atoms with Gasteiger partial charge in [-0.05, 0) is 42.8 Å². The molecular weight excluding hydrogens is 436 g/mol. The molecule has 0 heterocycles. The van der Waals surface area contributed by atoms with Crippen LogP contribution in [0.1, 0.15) is 38.2 Å². The van der Waals surface area contributed by atoms with Gasteiger partial charge in [-0.1, -0.05) is 73.1 Å². The van der Waals surface area contributed by atoms with Gasteiger partial charge in [0.1, 0.15) is 12.0 Å². The smallest absolute Gasteiger partial charge is 0.236 e. The van der Waals surface area contributed by atoms with Crippen molar-refractivity contribution in [2.24, 2.45) is 0 Å². The van der Waals surface area contributed by atoms with Crippen LogP contribution in [-0.4, -0.2) is 26.9 Å². The summed E-state index contributed by atoms with van der Waals surface area (Å²) in [5, 5.41) is 8.44. The van der Waals surface area contributed by atoms with E-state index in [0.717, 1.165) is 12.1 Å². The number of nitrogens with one attached hydrogen (secondary N) is 3. The van der Waals surface area contributed by atoms with E-state index in [9.17, 15) is 4.79 Å². The highest BCUT2D eigenvalue weighted by Gasteiger charge is 2.34. The average Bonchev–Trinajstić information content (AvgIpc) is 2.58. The van der Waals surface area contributed by atoms with E-state index in [4.69, 9.17) is 58.6 Å². The van der Waals surface area contributed by atoms with Crippen molar-refractivity contribution < 1.29 is 4.79 Å². The van der Waals surface area contributed by atoms with Gasteiger partial charge in [-0.25, -0.2) is 0 Å². The molecule has 146 valence electrons. The molecule has 0 aliphatic rings. The quantitative estimate of drug-likeness (QED) is 0.207. The maximum absolute atomic E-state index is 11.5. The monoisotopic (exact) mass is 457 g/mol. The predicted molar refractivity (Wildman–Crippen MR) is 117 cm³/mol. The SMILES string of the molecule is CCCCCCc1ccc(NC(=S)NC(NC(=O)CCl)C(Cl)(Cl)Cl)cc1. The van der Waals surface area contributed by atoms with Gasteiger partial charge >= 0.3 is 0 Å². The van der Waals surface area contributed by atoms with Crippen molar-refractivity contribution in [2.75, 3.05) is 11.2 Å². The average molecular weight is 459 g/mol. The van der Waals surface area contributed by atoms with Crippen LogP contribution in [0.15, 0.2) is 24.3 Å². The summed E-state index contributed by atoms with van der Waals surface area (Å²) < 4.78 is -1.80. The lowest BCUT2D eigenvalue weighted by Crippen LogP contribution is -2.56. The largest absolute Gasteiger partial charge is 0.339 e. The fraction of sp³-hybridized carbons (Fsp3) is 0.529. The van der Waals surface area contributed by atoms with Crippen molar-refractivity contribution in [3.05, 3.63) is 29.8 Å². The minimum atomic E-state index is -1.80. The summed E-state index contributed by atoms with van der Waals surface area (Å²) in [7, 11) is 0. The Hall–Kier alpha value is -0.460. The van der Waals surface area contributed by atoms with Crippen LogP contribution in [0.2, 0.25) is 0 Å². The van der Waals surface area contributed by atoms with E-state index < -0.39 is 15.9 Å². The molecule has 0 spiro atoms. The first kappa shape index (κ1) is 23.6. The zero-order chi connectivity index (χ0) is 19.6. The van der Waals surface area contributed by atoms with Crippen LogP contribution < -0.4 is 16.0 Å². The lowest BCUT2D eigenvalue weighted by Gasteiger charge is -2.27. The minimum absolute atomic E-state index is 0.215. The maximum atomic E-state index is 11.5. The van der Waals surface area contributed by atoms with E-state index in [2.05, 4.69) is 35.0 Å². The number of carbonyl (C=O) groups excluding carboxylic acids is 1. The Bertz CT molecular complexity index is 578. The Morgan fingerprint density at radius 2 is 1.77 bits per heavy atom. The first-order valence-electron chi connectivity index (χ1n) is 8.34. The number of thiocarbonyl (C=S) groups is 1. The fourth-order valence-corrected chi connectivity index (χ4v) is 2.85. The zero-order valence-electron chi connectivity index (χ0n) is 14.5. The Kier molecular flexibility index (Phi) is 11.0. The van der Waals surface area contributed by atoms with Gasteiger partial charge in [-0.15, -0.1) is 11.6 Å². The van der Waals surface area contributed by atoms with Crippen molar-refractivity contribution in [2.45, 2.75) is 49.0 Å². The number of amides is 1. The molecule has 0 fully saturated rings. The van der Waals surface area contributed by atoms with Gasteiger partial charge in [-0.3, -0.25) is 4.79 Å². The standard InChI is InChI=1S/C17H23Cl4N3OS/c1-2-3-4-5-6-12-7-9-13(10-8-12)22-16(26)24-15(17(19,20)21)23-14(25)11-18/h7-10,15H,2-6,11H2,1H3,(H,23,25)(H2,22,24,26). The number of hydrogen-bond donors (Lipinski definition) is 3. The molecule has 9 heteroatoms. The van der Waals surface area contributed by atoms with Crippen LogP contribution in [-0.2, 0) is 11.2 Å². The van der Waals surface area contributed by atoms with Gasteiger partial charge in [0.25, 0.3) is 0 Å². The second-order valence-corrected chi connectivity index (χ2v) is 8.83. The van der Waals surface area contributed by atoms with Crippen LogP contribution >= 0.6 is 58.6 Å². The molecule has 0 saturated carbocycles. The summed E-state index contributed by atoms with van der Waals surface area (Å²) in [5.41, 5.74) is 2.07. The van der Waals surface area contributed by atoms with Gasteiger partial charge in [-0.2, -0.15) is 0 Å². The number of carbonyl (C=O) groups is 1. The van der Waals surface area contributed by atoms with E-state index in [1.807, 2.05) is 12.1 Å². The molecule has 1 amide bonds. The van der Waals surface area contributed by atoms with E-state index in [-0.39, 0.29) is 11.0 Å². The number of alkyl halides is 4. The molecule has 0 aliphatic carbocycles. The molecule has 0 bridgehead atoms. The van der Waals surface area contributed by atoms with E-state index in [1.54, 1.807) is 0 Å². The highest BCUT2D eigenvalue weighted by Crippen LogP contribution is 2.29. The van der Waals surface area contributed by atoms with Crippen molar-refractivity contribution in [3.8, 4) is 0 Å². The Balaban J connectivity index is 2.56. The van der Waals surface area contributed by atoms with Crippen molar-refractivity contribution >= 4 is 75.3 Å². The van der Waals surface area contributed by atoms with Crippen molar-refractivity contribution in [3.63, 3.8) is 0 Å². The Labute approximate surface area is 180 Å². The Morgan fingerprint density at radius 3 is 2.31 bits per heavy atom. The minimum Gasteiger partial charge on any atom is -0.339 e. The second kappa shape index (κ2) is 12.1. The van der Waals surface area contributed by atoms with E-state index >= 15 is 0 Å². The summed E-state index contributed by atoms with van der Waals surface area (Å²) in [4.78, 5) is 11.5. The highest BCUT2D eigenvalue weighted by molar-refractivity contribution is 7.80. The van der Waals surface area contributed by atoms with Gasteiger partial charge in [0.05, 0.1) is 0 Å². The molecular formula is C17H23Cl4N3OS. The van der Waals surface area contributed by atoms with Crippen LogP contribution in [0.4, 0.5) is 5.69 Å². The molecule has 1 unspecified atom stereocenters. The molecule has 0 radical (unpaired) electrons. The van der Waals surface area contributed by atoms with Crippen LogP contribution in [0.25, 0.3) is 0 Å². The van der Waals surface area contributed by atoms with Crippen molar-refractivity contribution in [1.82, 2.24) is 10.6 Å². The van der Waals surface area contributed by atoms with Crippen LogP contribution in [0.3, 0.4) is 0 Å². The summed E-state index contributed by atoms with van der Waals surface area (Å²) in [6.07, 6.45) is 4.97. The molecule has 3 N–H and O–H groups in total.